The molecule has 2 heterocycles. The molecule has 0 saturated heterocycles. The van der Waals surface area contributed by atoms with Crippen molar-refractivity contribution in [1.82, 2.24) is 9.97 Å². The minimum atomic E-state index is -0.428. The predicted octanol–water partition coefficient (Wildman–Crippen LogP) is 2.51. The average molecular weight is 277 g/mol. The van der Waals surface area contributed by atoms with E-state index in [1.165, 1.54) is 12.3 Å². The molecule has 0 aliphatic heterocycles. The Balaban J connectivity index is 2.04. The fraction of sp³-hybridized carbons (Fsp3) is 0.182. The Bertz CT molecular complexity index is 618. The first-order valence-electron chi connectivity index (χ1n) is 5.40. The van der Waals surface area contributed by atoms with Crippen LogP contribution in [-0.4, -0.2) is 21.1 Å². The van der Waals surface area contributed by atoms with Gasteiger partial charge in [-0.1, -0.05) is 11.3 Å². The van der Waals surface area contributed by atoms with E-state index in [0.29, 0.717) is 10.8 Å². The Hall–Kier alpha value is -2.35. The summed E-state index contributed by atoms with van der Waals surface area (Å²) in [6, 6.07) is 4.94. The Morgan fingerprint density at radius 1 is 1.37 bits per heavy atom. The quantitative estimate of drug-likeness (QED) is 0.526. The highest BCUT2D eigenvalue weighted by Crippen LogP contribution is 2.22. The summed E-state index contributed by atoms with van der Waals surface area (Å²) in [6.45, 7) is 3.73. The lowest BCUT2D eigenvalue weighted by Crippen LogP contribution is -1.99. The van der Waals surface area contributed by atoms with Gasteiger partial charge in [-0.2, -0.15) is 5.10 Å². The van der Waals surface area contributed by atoms with Crippen molar-refractivity contribution in [2.45, 2.75) is 13.8 Å². The van der Waals surface area contributed by atoms with Gasteiger partial charge in [0, 0.05) is 17.5 Å². The maximum absolute atomic E-state index is 10.5. The molecule has 0 radical (unpaired) electrons. The van der Waals surface area contributed by atoms with E-state index in [1.54, 1.807) is 6.07 Å². The van der Waals surface area contributed by atoms with Crippen LogP contribution in [0.15, 0.2) is 23.3 Å². The van der Waals surface area contributed by atoms with Crippen LogP contribution >= 0.6 is 11.3 Å². The number of hydrazone groups is 1. The molecule has 7 nitrogen and oxygen atoms in total. The first kappa shape index (κ1) is 13.1. The number of nitro groups is 1. The van der Waals surface area contributed by atoms with E-state index >= 15 is 0 Å². The van der Waals surface area contributed by atoms with Crippen LogP contribution in [0.2, 0.25) is 0 Å². The number of thiophene rings is 1. The fourth-order valence-corrected chi connectivity index (χ4v) is 2.13. The Morgan fingerprint density at radius 2 is 2.05 bits per heavy atom. The van der Waals surface area contributed by atoms with Gasteiger partial charge in [0.05, 0.1) is 16.0 Å². The van der Waals surface area contributed by atoms with Crippen molar-refractivity contribution in [2.75, 3.05) is 5.43 Å². The normalized spacial score (nSPS) is 10.8. The summed E-state index contributed by atoms with van der Waals surface area (Å²) >= 11 is 1.05. The average Bonchev–Trinajstić information content (AvgIpc) is 2.76. The highest BCUT2D eigenvalue weighted by Gasteiger charge is 2.07. The number of hydrogen-bond acceptors (Lipinski definition) is 7. The van der Waals surface area contributed by atoms with E-state index in [4.69, 9.17) is 0 Å². The Labute approximate surface area is 113 Å². The zero-order valence-corrected chi connectivity index (χ0v) is 11.1. The molecular weight excluding hydrogens is 266 g/mol. The van der Waals surface area contributed by atoms with Gasteiger partial charge in [-0.15, -0.1) is 0 Å². The van der Waals surface area contributed by atoms with Gasteiger partial charge in [-0.3, -0.25) is 10.1 Å². The molecule has 1 N–H and O–H groups in total. The number of aryl methyl sites for hydroxylation is 2. The van der Waals surface area contributed by atoms with Gasteiger partial charge in [0.2, 0.25) is 5.95 Å². The molecule has 0 unspecified atom stereocenters. The minimum Gasteiger partial charge on any atom is -0.258 e. The first-order valence-corrected chi connectivity index (χ1v) is 6.22. The molecule has 0 fully saturated rings. The summed E-state index contributed by atoms with van der Waals surface area (Å²) in [4.78, 5) is 19.1. The lowest BCUT2D eigenvalue weighted by atomic mass is 10.4. The molecule has 2 rings (SSSR count). The predicted molar refractivity (Wildman–Crippen MR) is 73.7 cm³/mol. The van der Waals surface area contributed by atoms with Gasteiger partial charge in [-0.25, -0.2) is 15.4 Å². The van der Waals surface area contributed by atoms with Crippen LogP contribution < -0.4 is 5.43 Å². The Morgan fingerprint density at radius 3 is 2.63 bits per heavy atom. The van der Waals surface area contributed by atoms with Crippen molar-refractivity contribution >= 4 is 28.5 Å². The molecule has 0 aliphatic carbocycles. The first-order chi connectivity index (χ1) is 9.04. The lowest BCUT2D eigenvalue weighted by molar-refractivity contribution is -0.380. The largest absolute Gasteiger partial charge is 0.324 e. The molecule has 2 aromatic heterocycles. The van der Waals surface area contributed by atoms with Crippen molar-refractivity contribution in [3.8, 4) is 0 Å². The number of nitrogens with one attached hydrogen (secondary N) is 1. The number of nitrogens with zero attached hydrogens (tertiary/aromatic N) is 4. The second kappa shape index (κ2) is 5.53. The van der Waals surface area contributed by atoms with E-state index in [9.17, 15) is 10.1 Å². The number of rotatable bonds is 4. The van der Waals surface area contributed by atoms with Gasteiger partial charge in [0.15, 0.2) is 0 Å². The molecule has 0 saturated carbocycles. The van der Waals surface area contributed by atoms with Crippen molar-refractivity contribution in [3.05, 3.63) is 44.6 Å². The smallest absolute Gasteiger partial charge is 0.258 e. The maximum atomic E-state index is 10.5. The maximum Gasteiger partial charge on any atom is 0.324 e. The standard InChI is InChI=1S/C11H11N5O2S/c1-7-5-8(2)14-11(13-7)15-12-6-9-3-4-10(19-9)16(17)18/h3-6H,1-2H3,(H,13,14,15)/b12-6-. The SMILES string of the molecule is Cc1cc(C)nc(N/N=C\c2ccc([N+](=O)[O-])s2)n1. The summed E-state index contributed by atoms with van der Waals surface area (Å²) in [7, 11) is 0. The van der Waals surface area contributed by atoms with E-state index in [-0.39, 0.29) is 5.00 Å². The van der Waals surface area contributed by atoms with E-state index in [2.05, 4.69) is 20.5 Å². The van der Waals surface area contributed by atoms with Crippen LogP contribution in [0.25, 0.3) is 0 Å². The third kappa shape index (κ3) is 3.55. The lowest BCUT2D eigenvalue weighted by Gasteiger charge is -2.00. The molecule has 98 valence electrons. The van der Waals surface area contributed by atoms with Crippen molar-refractivity contribution in [3.63, 3.8) is 0 Å². The molecule has 19 heavy (non-hydrogen) atoms. The molecule has 0 aliphatic rings. The summed E-state index contributed by atoms with van der Waals surface area (Å²) < 4.78 is 0. The van der Waals surface area contributed by atoms with Crippen LogP contribution in [0.3, 0.4) is 0 Å². The van der Waals surface area contributed by atoms with Gasteiger partial charge in [0.25, 0.3) is 0 Å². The second-order valence-corrected chi connectivity index (χ2v) is 4.87. The van der Waals surface area contributed by atoms with Gasteiger partial charge in [-0.05, 0) is 26.0 Å². The topological polar surface area (TPSA) is 93.3 Å². The third-order valence-electron chi connectivity index (χ3n) is 2.13. The highest BCUT2D eigenvalue weighted by atomic mass is 32.1. The van der Waals surface area contributed by atoms with Gasteiger partial charge < -0.3 is 0 Å². The number of aromatic nitrogens is 2. The molecular formula is C11H11N5O2S. The van der Waals surface area contributed by atoms with E-state index in [0.717, 1.165) is 22.7 Å². The monoisotopic (exact) mass is 277 g/mol. The fourth-order valence-electron chi connectivity index (χ4n) is 1.44. The molecule has 0 spiro atoms. The highest BCUT2D eigenvalue weighted by molar-refractivity contribution is 7.16. The molecule has 0 amide bonds. The zero-order valence-electron chi connectivity index (χ0n) is 10.3. The van der Waals surface area contributed by atoms with Crippen LogP contribution in [0.1, 0.15) is 16.3 Å². The summed E-state index contributed by atoms with van der Waals surface area (Å²) in [6.07, 6.45) is 1.50. The summed E-state index contributed by atoms with van der Waals surface area (Å²) in [5.74, 6) is 0.403. The minimum absolute atomic E-state index is 0.0871. The molecule has 0 aromatic carbocycles. The Kier molecular flexibility index (Phi) is 3.81. The van der Waals surface area contributed by atoms with Gasteiger partial charge >= 0.3 is 5.00 Å². The van der Waals surface area contributed by atoms with Crippen LogP contribution in [-0.2, 0) is 0 Å². The molecule has 8 heteroatoms. The van der Waals surface area contributed by atoms with E-state index < -0.39 is 4.92 Å². The number of hydrogen-bond donors (Lipinski definition) is 1. The molecule has 2 aromatic rings. The third-order valence-corrected chi connectivity index (χ3v) is 3.10. The van der Waals surface area contributed by atoms with Gasteiger partial charge in [0.1, 0.15) is 0 Å². The van der Waals surface area contributed by atoms with Crippen molar-refractivity contribution < 1.29 is 4.92 Å². The molecule has 0 bridgehead atoms. The summed E-state index contributed by atoms with van der Waals surface area (Å²) in [5, 5.41) is 14.6. The number of anilines is 1. The van der Waals surface area contributed by atoms with Crippen LogP contribution in [0.5, 0.6) is 0 Å². The van der Waals surface area contributed by atoms with Crippen LogP contribution in [0.4, 0.5) is 10.9 Å². The summed E-state index contributed by atoms with van der Waals surface area (Å²) in [5.41, 5.74) is 4.39. The second-order valence-electron chi connectivity index (χ2n) is 3.78. The van der Waals surface area contributed by atoms with E-state index in [1.807, 2.05) is 19.9 Å². The van der Waals surface area contributed by atoms with Crippen LogP contribution in [0, 0.1) is 24.0 Å². The molecule has 0 atom stereocenters. The van der Waals surface area contributed by atoms with Crippen molar-refractivity contribution in [1.29, 1.82) is 0 Å². The van der Waals surface area contributed by atoms with Crippen molar-refractivity contribution in [2.24, 2.45) is 5.10 Å². The zero-order chi connectivity index (χ0) is 13.8.